The molecule has 0 bridgehead atoms. The van der Waals surface area contributed by atoms with Crippen LogP contribution in [0.25, 0.3) is 0 Å². The summed E-state index contributed by atoms with van der Waals surface area (Å²) >= 11 is 4.98. The SMILES string of the molecule is O=C1CCCC[C@H]1[C@H]1CCCCCN1C(=O)c1csc(Br)c1. The van der Waals surface area contributed by atoms with E-state index in [1.807, 2.05) is 16.3 Å². The standard InChI is InChI=1S/C17H22BrNO2S/c18-16-10-12(11-22-16)17(21)19-9-5-1-2-7-14(19)13-6-3-4-8-15(13)20/h10-11,13-14H,1-9H2/t13-,14+/m0/s1. The fourth-order valence-corrected chi connectivity index (χ4v) is 4.94. The first kappa shape index (κ1) is 16.2. The maximum absolute atomic E-state index is 12.9. The molecule has 1 saturated heterocycles. The van der Waals surface area contributed by atoms with Crippen LogP contribution in [-0.4, -0.2) is 29.2 Å². The van der Waals surface area contributed by atoms with Gasteiger partial charge in [-0.05, 0) is 47.7 Å². The van der Waals surface area contributed by atoms with Crippen molar-refractivity contribution in [3.8, 4) is 0 Å². The third kappa shape index (κ3) is 3.46. The van der Waals surface area contributed by atoms with Crippen LogP contribution in [0.15, 0.2) is 15.2 Å². The zero-order valence-electron chi connectivity index (χ0n) is 12.7. The van der Waals surface area contributed by atoms with Gasteiger partial charge >= 0.3 is 0 Å². The van der Waals surface area contributed by atoms with Crippen LogP contribution in [0.2, 0.25) is 0 Å². The highest BCUT2D eigenvalue weighted by atomic mass is 79.9. The van der Waals surface area contributed by atoms with Gasteiger partial charge in [-0.15, -0.1) is 11.3 Å². The first-order chi connectivity index (χ1) is 10.7. The second-order valence-electron chi connectivity index (χ2n) is 6.37. The molecule has 0 unspecified atom stereocenters. The van der Waals surface area contributed by atoms with Gasteiger partial charge < -0.3 is 4.90 Å². The van der Waals surface area contributed by atoms with Crippen LogP contribution in [0, 0.1) is 5.92 Å². The van der Waals surface area contributed by atoms with E-state index >= 15 is 0 Å². The summed E-state index contributed by atoms with van der Waals surface area (Å²) in [4.78, 5) is 27.3. The summed E-state index contributed by atoms with van der Waals surface area (Å²) in [6.45, 7) is 0.792. The Kier molecular flexibility index (Phi) is 5.34. The predicted molar refractivity (Wildman–Crippen MR) is 92.3 cm³/mol. The van der Waals surface area contributed by atoms with E-state index in [1.54, 1.807) is 11.3 Å². The Hall–Kier alpha value is -0.680. The number of carbonyl (C=O) groups excluding carboxylic acids is 2. The number of amides is 1. The molecule has 2 heterocycles. The maximum atomic E-state index is 12.9. The summed E-state index contributed by atoms with van der Waals surface area (Å²) < 4.78 is 0.982. The second-order valence-corrected chi connectivity index (χ2v) is 8.66. The number of rotatable bonds is 2. The molecule has 2 atom stereocenters. The molecule has 1 aromatic rings. The van der Waals surface area contributed by atoms with Gasteiger partial charge in [0.15, 0.2) is 0 Å². The molecule has 0 radical (unpaired) electrons. The van der Waals surface area contributed by atoms with E-state index in [9.17, 15) is 9.59 Å². The number of hydrogen-bond donors (Lipinski definition) is 0. The van der Waals surface area contributed by atoms with E-state index in [1.165, 1.54) is 0 Å². The molecule has 1 aromatic heterocycles. The number of thiophene rings is 1. The van der Waals surface area contributed by atoms with Gasteiger partial charge in [-0.3, -0.25) is 9.59 Å². The van der Waals surface area contributed by atoms with E-state index in [4.69, 9.17) is 0 Å². The Labute approximate surface area is 144 Å². The van der Waals surface area contributed by atoms with Gasteiger partial charge in [0.2, 0.25) is 0 Å². The van der Waals surface area contributed by atoms with Gasteiger partial charge in [0.05, 0.1) is 9.35 Å². The maximum Gasteiger partial charge on any atom is 0.255 e. The van der Waals surface area contributed by atoms with Crippen LogP contribution >= 0.6 is 27.3 Å². The topological polar surface area (TPSA) is 37.4 Å². The van der Waals surface area contributed by atoms with E-state index < -0.39 is 0 Å². The molecule has 2 aliphatic rings. The molecular formula is C17H22BrNO2S. The molecular weight excluding hydrogens is 362 g/mol. The smallest absolute Gasteiger partial charge is 0.255 e. The molecule has 5 heteroatoms. The molecule has 0 N–H and O–H groups in total. The van der Waals surface area contributed by atoms with Gasteiger partial charge in [0.25, 0.3) is 5.91 Å². The monoisotopic (exact) mass is 383 g/mol. The van der Waals surface area contributed by atoms with E-state index in [-0.39, 0.29) is 17.9 Å². The van der Waals surface area contributed by atoms with Crippen LogP contribution in [-0.2, 0) is 4.79 Å². The number of carbonyl (C=O) groups is 2. The van der Waals surface area contributed by atoms with Crippen molar-refractivity contribution in [3.63, 3.8) is 0 Å². The zero-order valence-corrected chi connectivity index (χ0v) is 15.1. The average Bonchev–Trinajstić information content (AvgIpc) is 2.81. The van der Waals surface area contributed by atoms with Crippen LogP contribution in [0.1, 0.15) is 61.7 Å². The quantitative estimate of drug-likeness (QED) is 0.744. The highest BCUT2D eigenvalue weighted by Crippen LogP contribution is 2.33. The molecule has 1 aliphatic heterocycles. The average molecular weight is 384 g/mol. The van der Waals surface area contributed by atoms with Gasteiger partial charge in [-0.1, -0.05) is 19.3 Å². The Morgan fingerprint density at radius 3 is 2.73 bits per heavy atom. The predicted octanol–water partition coefficient (Wildman–Crippen LogP) is 4.65. The van der Waals surface area contributed by atoms with Crippen LogP contribution in [0.4, 0.5) is 0 Å². The molecule has 3 rings (SSSR count). The summed E-state index contributed by atoms with van der Waals surface area (Å²) in [5.41, 5.74) is 0.757. The molecule has 22 heavy (non-hydrogen) atoms. The summed E-state index contributed by atoms with van der Waals surface area (Å²) in [5.74, 6) is 0.549. The van der Waals surface area contributed by atoms with E-state index in [0.29, 0.717) is 12.2 Å². The second kappa shape index (κ2) is 7.26. The Morgan fingerprint density at radius 1 is 1.18 bits per heavy atom. The molecule has 1 aliphatic carbocycles. The third-order valence-corrected chi connectivity index (χ3v) is 6.45. The largest absolute Gasteiger partial charge is 0.335 e. The van der Waals surface area contributed by atoms with E-state index in [2.05, 4.69) is 15.9 Å². The number of ketones is 1. The van der Waals surface area contributed by atoms with Crippen molar-refractivity contribution in [2.24, 2.45) is 5.92 Å². The highest BCUT2D eigenvalue weighted by Gasteiger charge is 2.37. The first-order valence-electron chi connectivity index (χ1n) is 8.24. The van der Waals surface area contributed by atoms with Crippen molar-refractivity contribution in [2.75, 3.05) is 6.54 Å². The third-order valence-electron chi connectivity index (χ3n) is 4.94. The summed E-state index contributed by atoms with van der Waals surface area (Å²) in [6.07, 6.45) is 8.13. The fourth-order valence-electron chi connectivity index (χ4n) is 3.81. The minimum Gasteiger partial charge on any atom is -0.335 e. The lowest BCUT2D eigenvalue weighted by Gasteiger charge is -2.37. The zero-order chi connectivity index (χ0) is 15.5. The van der Waals surface area contributed by atoms with Crippen molar-refractivity contribution in [3.05, 3.63) is 20.8 Å². The molecule has 1 saturated carbocycles. The fraction of sp³-hybridized carbons (Fsp3) is 0.647. The molecule has 0 spiro atoms. The van der Waals surface area contributed by atoms with Crippen molar-refractivity contribution in [2.45, 2.75) is 57.4 Å². The van der Waals surface area contributed by atoms with Crippen LogP contribution < -0.4 is 0 Å². The van der Waals surface area contributed by atoms with Crippen molar-refractivity contribution in [1.82, 2.24) is 4.90 Å². The molecule has 2 fully saturated rings. The Balaban J connectivity index is 1.84. The summed E-state index contributed by atoms with van der Waals surface area (Å²) in [5, 5.41) is 1.91. The van der Waals surface area contributed by atoms with Gasteiger partial charge in [-0.25, -0.2) is 0 Å². The molecule has 120 valence electrons. The molecule has 3 nitrogen and oxygen atoms in total. The lowest BCUT2D eigenvalue weighted by atomic mass is 9.80. The number of halogens is 1. The van der Waals surface area contributed by atoms with Crippen molar-refractivity contribution < 1.29 is 9.59 Å². The van der Waals surface area contributed by atoms with Gasteiger partial charge in [-0.2, -0.15) is 0 Å². The van der Waals surface area contributed by atoms with Crippen LogP contribution in [0.3, 0.4) is 0 Å². The normalized spacial score (nSPS) is 26.8. The minimum atomic E-state index is 0.0675. The van der Waals surface area contributed by atoms with Gasteiger partial charge in [0.1, 0.15) is 5.78 Å². The number of likely N-dealkylation sites (tertiary alicyclic amines) is 1. The minimum absolute atomic E-state index is 0.0675. The van der Waals surface area contributed by atoms with E-state index in [0.717, 1.165) is 60.8 Å². The summed E-state index contributed by atoms with van der Waals surface area (Å²) in [7, 11) is 0. The van der Waals surface area contributed by atoms with Gasteiger partial charge in [0, 0.05) is 30.3 Å². The lowest BCUT2D eigenvalue weighted by molar-refractivity contribution is -0.126. The number of hydrogen-bond acceptors (Lipinski definition) is 3. The Bertz CT molecular complexity index is 557. The van der Waals surface area contributed by atoms with Crippen molar-refractivity contribution >= 4 is 39.0 Å². The highest BCUT2D eigenvalue weighted by molar-refractivity contribution is 9.11. The summed E-state index contributed by atoms with van der Waals surface area (Å²) in [6, 6.07) is 2.01. The Morgan fingerprint density at radius 2 is 2.00 bits per heavy atom. The molecule has 1 amide bonds. The first-order valence-corrected chi connectivity index (χ1v) is 9.92. The number of nitrogens with zero attached hydrogens (tertiary/aromatic N) is 1. The van der Waals surface area contributed by atoms with Crippen molar-refractivity contribution in [1.29, 1.82) is 0 Å². The number of Topliss-reactive ketones (excluding diaryl/α,β-unsaturated/α-hetero) is 1. The lowest BCUT2D eigenvalue weighted by Crippen LogP contribution is -2.47. The molecule has 0 aromatic carbocycles. The van der Waals surface area contributed by atoms with Crippen LogP contribution in [0.5, 0.6) is 0 Å².